The summed E-state index contributed by atoms with van der Waals surface area (Å²) >= 11 is 7.89. The summed E-state index contributed by atoms with van der Waals surface area (Å²) < 4.78 is 5.88. The van der Waals surface area contributed by atoms with Crippen LogP contribution in [-0.2, 0) is 6.61 Å². The van der Waals surface area contributed by atoms with Gasteiger partial charge in [0.05, 0.1) is 0 Å². The van der Waals surface area contributed by atoms with Gasteiger partial charge in [0.25, 0.3) is 0 Å². The van der Waals surface area contributed by atoms with Crippen LogP contribution in [0, 0.1) is 0 Å². The molecule has 0 atom stereocenters. The molecule has 3 aromatic rings. The molecule has 120 valence electrons. The fourth-order valence-electron chi connectivity index (χ4n) is 2.24. The lowest BCUT2D eigenvalue weighted by Gasteiger charge is -2.09. The summed E-state index contributed by atoms with van der Waals surface area (Å²) in [6.45, 7) is 4.32. The molecule has 0 saturated heterocycles. The van der Waals surface area contributed by atoms with Gasteiger partial charge in [-0.25, -0.2) is 0 Å². The molecule has 0 radical (unpaired) electrons. The molecule has 0 amide bonds. The van der Waals surface area contributed by atoms with Crippen LogP contribution >= 0.6 is 23.4 Å². The summed E-state index contributed by atoms with van der Waals surface area (Å²) in [4.78, 5) is 2.20. The Labute approximate surface area is 151 Å². The van der Waals surface area contributed by atoms with Crippen LogP contribution in [0.5, 0.6) is 5.75 Å². The monoisotopic (exact) mass is 352 g/mol. The summed E-state index contributed by atoms with van der Waals surface area (Å²) in [5.41, 5.74) is 2.10. The van der Waals surface area contributed by atoms with Crippen LogP contribution in [0.15, 0.2) is 89.2 Å². The van der Waals surface area contributed by atoms with Crippen molar-refractivity contribution in [2.75, 3.05) is 0 Å². The number of halogens is 1. The van der Waals surface area contributed by atoms with Gasteiger partial charge in [0.1, 0.15) is 12.4 Å². The topological polar surface area (TPSA) is 9.23 Å². The van der Waals surface area contributed by atoms with Crippen molar-refractivity contribution in [1.29, 1.82) is 0 Å². The molecule has 3 heteroatoms. The second kappa shape index (κ2) is 8.09. The highest BCUT2D eigenvalue weighted by Gasteiger charge is 2.03. The van der Waals surface area contributed by atoms with Gasteiger partial charge in [0, 0.05) is 14.8 Å². The number of rotatable bonds is 6. The SMILES string of the molecule is C=Cc1ccc(Sc2cccc(OCc3ccccc3)c2)cc1Cl. The molecule has 0 spiro atoms. The molecule has 3 aromatic carbocycles. The smallest absolute Gasteiger partial charge is 0.120 e. The molecule has 0 aliphatic heterocycles. The lowest BCUT2D eigenvalue weighted by Crippen LogP contribution is -1.94. The first kappa shape index (κ1) is 16.7. The molecule has 1 nitrogen and oxygen atoms in total. The minimum absolute atomic E-state index is 0.564. The number of ether oxygens (including phenoxy) is 1. The first-order valence-electron chi connectivity index (χ1n) is 7.61. The maximum Gasteiger partial charge on any atom is 0.120 e. The van der Waals surface area contributed by atoms with Crippen molar-refractivity contribution in [3.8, 4) is 5.75 Å². The standard InChI is InChI=1S/C21H17ClOS/c1-2-17-11-12-20(14-21(17)22)24-19-10-6-9-18(13-19)23-15-16-7-4-3-5-8-16/h2-14H,1,15H2. The molecule has 0 N–H and O–H groups in total. The number of benzene rings is 3. The average Bonchev–Trinajstić information content (AvgIpc) is 2.61. The van der Waals surface area contributed by atoms with Gasteiger partial charge in [-0.05, 0) is 41.5 Å². The molecule has 0 bridgehead atoms. The normalized spacial score (nSPS) is 10.4. The molecule has 0 fully saturated rings. The second-order valence-electron chi connectivity index (χ2n) is 5.24. The Bertz CT molecular complexity index is 830. The Morgan fingerprint density at radius 2 is 1.71 bits per heavy atom. The Morgan fingerprint density at radius 3 is 2.46 bits per heavy atom. The first-order valence-corrected chi connectivity index (χ1v) is 8.81. The van der Waals surface area contributed by atoms with Gasteiger partial charge >= 0.3 is 0 Å². The van der Waals surface area contributed by atoms with E-state index >= 15 is 0 Å². The van der Waals surface area contributed by atoms with Crippen molar-refractivity contribution in [1.82, 2.24) is 0 Å². The molecule has 24 heavy (non-hydrogen) atoms. The van der Waals surface area contributed by atoms with Gasteiger partial charge in [0.2, 0.25) is 0 Å². The van der Waals surface area contributed by atoms with Crippen molar-refractivity contribution >= 4 is 29.4 Å². The average molecular weight is 353 g/mol. The lowest BCUT2D eigenvalue weighted by atomic mass is 10.2. The quantitative estimate of drug-likeness (QED) is 0.487. The second-order valence-corrected chi connectivity index (χ2v) is 6.79. The molecule has 3 rings (SSSR count). The Morgan fingerprint density at radius 1 is 0.917 bits per heavy atom. The highest BCUT2D eigenvalue weighted by Crippen LogP contribution is 2.33. The molecule has 0 aliphatic carbocycles. The van der Waals surface area contributed by atoms with Gasteiger partial charge < -0.3 is 4.74 Å². The molecule has 0 saturated carbocycles. The third kappa shape index (κ3) is 4.44. The maximum absolute atomic E-state index is 6.24. The zero-order valence-corrected chi connectivity index (χ0v) is 14.7. The number of hydrogen-bond donors (Lipinski definition) is 0. The van der Waals surface area contributed by atoms with E-state index in [1.54, 1.807) is 17.8 Å². The van der Waals surface area contributed by atoms with E-state index < -0.39 is 0 Å². The van der Waals surface area contributed by atoms with E-state index in [2.05, 4.69) is 24.8 Å². The van der Waals surface area contributed by atoms with Gasteiger partial charge in [-0.1, -0.05) is 78.5 Å². The summed E-state index contributed by atoms with van der Waals surface area (Å²) in [7, 11) is 0. The largest absolute Gasteiger partial charge is 0.489 e. The first-order chi connectivity index (χ1) is 11.7. The molecule has 0 heterocycles. The molecular formula is C21H17ClOS. The predicted molar refractivity (Wildman–Crippen MR) is 103 cm³/mol. The minimum Gasteiger partial charge on any atom is -0.489 e. The third-order valence-corrected chi connectivity index (χ3v) is 4.79. The molecule has 0 aromatic heterocycles. The van der Waals surface area contributed by atoms with Crippen LogP contribution in [0.25, 0.3) is 6.08 Å². The highest BCUT2D eigenvalue weighted by molar-refractivity contribution is 7.99. The fourth-order valence-corrected chi connectivity index (χ4v) is 3.47. The van der Waals surface area contributed by atoms with Crippen LogP contribution in [0.2, 0.25) is 5.02 Å². The van der Waals surface area contributed by atoms with E-state index in [4.69, 9.17) is 16.3 Å². The zero-order chi connectivity index (χ0) is 16.8. The number of hydrogen-bond acceptors (Lipinski definition) is 2. The molecule has 0 aliphatic rings. The van der Waals surface area contributed by atoms with Gasteiger partial charge in [-0.15, -0.1) is 0 Å². The van der Waals surface area contributed by atoms with Crippen LogP contribution in [0.1, 0.15) is 11.1 Å². The van der Waals surface area contributed by atoms with E-state index in [1.807, 2.05) is 54.6 Å². The van der Waals surface area contributed by atoms with E-state index in [0.29, 0.717) is 11.6 Å². The fraction of sp³-hybridized carbons (Fsp3) is 0.0476. The minimum atomic E-state index is 0.564. The van der Waals surface area contributed by atoms with Crippen molar-refractivity contribution < 1.29 is 4.74 Å². The van der Waals surface area contributed by atoms with Crippen molar-refractivity contribution in [2.45, 2.75) is 16.4 Å². The summed E-state index contributed by atoms with van der Waals surface area (Å²) in [5.74, 6) is 0.859. The Balaban J connectivity index is 1.69. The molecule has 0 unspecified atom stereocenters. The Kier molecular flexibility index (Phi) is 5.63. The highest BCUT2D eigenvalue weighted by atomic mass is 35.5. The van der Waals surface area contributed by atoms with Crippen LogP contribution in [-0.4, -0.2) is 0 Å². The maximum atomic E-state index is 6.24. The van der Waals surface area contributed by atoms with Crippen LogP contribution < -0.4 is 4.74 Å². The van der Waals surface area contributed by atoms with E-state index in [9.17, 15) is 0 Å². The zero-order valence-electron chi connectivity index (χ0n) is 13.1. The van der Waals surface area contributed by atoms with Gasteiger partial charge in [0.15, 0.2) is 0 Å². The lowest BCUT2D eigenvalue weighted by molar-refractivity contribution is 0.305. The summed E-state index contributed by atoms with van der Waals surface area (Å²) in [5, 5.41) is 0.714. The summed E-state index contributed by atoms with van der Waals surface area (Å²) in [6.07, 6.45) is 1.76. The van der Waals surface area contributed by atoms with Gasteiger partial charge in [-0.3, -0.25) is 0 Å². The predicted octanol–water partition coefficient (Wildman–Crippen LogP) is 6.71. The van der Waals surface area contributed by atoms with Gasteiger partial charge in [-0.2, -0.15) is 0 Å². The summed E-state index contributed by atoms with van der Waals surface area (Å²) in [6, 6.07) is 24.2. The van der Waals surface area contributed by atoms with Crippen LogP contribution in [0.3, 0.4) is 0 Å². The molecular weight excluding hydrogens is 336 g/mol. The van der Waals surface area contributed by atoms with E-state index in [-0.39, 0.29) is 0 Å². The van der Waals surface area contributed by atoms with E-state index in [0.717, 1.165) is 26.7 Å². The third-order valence-electron chi connectivity index (χ3n) is 3.48. The van der Waals surface area contributed by atoms with Crippen molar-refractivity contribution in [3.05, 3.63) is 95.5 Å². The Hall–Kier alpha value is -2.16. The van der Waals surface area contributed by atoms with Crippen LogP contribution in [0.4, 0.5) is 0 Å². The van der Waals surface area contributed by atoms with Crippen molar-refractivity contribution in [2.24, 2.45) is 0 Å². The van der Waals surface area contributed by atoms with Crippen molar-refractivity contribution in [3.63, 3.8) is 0 Å². The van der Waals surface area contributed by atoms with E-state index in [1.165, 1.54) is 0 Å².